The number of aliphatic hydroxyl groups is 1. The Hall–Kier alpha value is -0.300. The van der Waals surface area contributed by atoms with E-state index >= 15 is 0 Å². The largest absolute Gasteiger partial charge is 0.393 e. The molecule has 0 aromatic carbocycles. The van der Waals surface area contributed by atoms with Crippen molar-refractivity contribution < 1.29 is 5.11 Å². The molecule has 1 heteroatoms. The van der Waals surface area contributed by atoms with E-state index in [4.69, 9.17) is 0 Å². The van der Waals surface area contributed by atoms with Gasteiger partial charge in [0.1, 0.15) is 0 Å². The van der Waals surface area contributed by atoms with Gasteiger partial charge in [0.25, 0.3) is 0 Å². The number of aliphatic hydroxyl groups excluding tert-OH is 1. The molecule has 3 atom stereocenters. The van der Waals surface area contributed by atoms with Crippen molar-refractivity contribution in [2.24, 2.45) is 11.8 Å². The average molecular weight is 152 g/mol. The van der Waals surface area contributed by atoms with E-state index in [1.807, 2.05) is 0 Å². The van der Waals surface area contributed by atoms with E-state index in [9.17, 15) is 5.11 Å². The molecule has 0 bridgehead atoms. The molecule has 2 aliphatic rings. The predicted octanol–water partition coefficient (Wildman–Crippen LogP) is 2.11. The number of hydrogen-bond acceptors (Lipinski definition) is 1. The third kappa shape index (κ3) is 1.12. The van der Waals surface area contributed by atoms with E-state index in [0.29, 0.717) is 5.92 Å². The second-order valence-corrected chi connectivity index (χ2v) is 3.93. The molecule has 0 saturated heterocycles. The Bertz CT molecular complexity index is 183. The van der Waals surface area contributed by atoms with Gasteiger partial charge in [-0.1, -0.05) is 18.6 Å². The lowest BCUT2D eigenvalue weighted by Gasteiger charge is -2.31. The van der Waals surface area contributed by atoms with Crippen molar-refractivity contribution in [2.45, 2.75) is 38.7 Å². The van der Waals surface area contributed by atoms with Crippen molar-refractivity contribution in [1.29, 1.82) is 0 Å². The van der Waals surface area contributed by atoms with E-state index in [2.05, 4.69) is 13.0 Å². The molecular formula is C10H16O. The summed E-state index contributed by atoms with van der Waals surface area (Å²) in [6.45, 7) is 2.29. The first-order chi connectivity index (χ1) is 5.29. The van der Waals surface area contributed by atoms with Crippen LogP contribution in [0.15, 0.2) is 11.6 Å². The molecule has 0 aromatic heterocycles. The van der Waals surface area contributed by atoms with Crippen LogP contribution in [0.3, 0.4) is 0 Å². The molecule has 0 aliphatic heterocycles. The summed E-state index contributed by atoms with van der Waals surface area (Å²) in [5.74, 6) is 1.27. The average Bonchev–Trinajstić information content (AvgIpc) is 2.45. The van der Waals surface area contributed by atoms with Gasteiger partial charge in [-0.3, -0.25) is 0 Å². The van der Waals surface area contributed by atoms with Crippen molar-refractivity contribution in [3.05, 3.63) is 11.6 Å². The van der Waals surface area contributed by atoms with Gasteiger partial charge in [0, 0.05) is 5.92 Å². The second-order valence-electron chi connectivity index (χ2n) is 3.93. The Morgan fingerprint density at radius 1 is 1.36 bits per heavy atom. The molecule has 2 aliphatic carbocycles. The summed E-state index contributed by atoms with van der Waals surface area (Å²) in [4.78, 5) is 0. The monoisotopic (exact) mass is 152 g/mol. The van der Waals surface area contributed by atoms with E-state index in [1.165, 1.54) is 19.3 Å². The number of rotatable bonds is 0. The minimum absolute atomic E-state index is 0.0278. The Morgan fingerprint density at radius 3 is 2.91 bits per heavy atom. The van der Waals surface area contributed by atoms with Gasteiger partial charge in [-0.2, -0.15) is 0 Å². The van der Waals surface area contributed by atoms with Gasteiger partial charge < -0.3 is 5.11 Å². The summed E-state index contributed by atoms with van der Waals surface area (Å²) in [5, 5.41) is 9.66. The Labute approximate surface area is 68.1 Å². The van der Waals surface area contributed by atoms with Crippen LogP contribution >= 0.6 is 0 Å². The highest BCUT2D eigenvalue weighted by Crippen LogP contribution is 2.41. The molecule has 1 unspecified atom stereocenters. The molecule has 0 radical (unpaired) electrons. The van der Waals surface area contributed by atoms with Crippen molar-refractivity contribution in [3.8, 4) is 0 Å². The van der Waals surface area contributed by atoms with Crippen molar-refractivity contribution in [1.82, 2.24) is 0 Å². The third-order valence-electron chi connectivity index (χ3n) is 3.21. The van der Waals surface area contributed by atoms with Crippen LogP contribution in [0.4, 0.5) is 0 Å². The summed E-state index contributed by atoms with van der Waals surface area (Å²) in [5.41, 5.74) is 1.55. The zero-order chi connectivity index (χ0) is 7.84. The minimum atomic E-state index is -0.0278. The molecule has 0 spiro atoms. The fourth-order valence-electron chi connectivity index (χ4n) is 2.52. The van der Waals surface area contributed by atoms with Crippen LogP contribution in [0.1, 0.15) is 32.6 Å². The highest BCUT2D eigenvalue weighted by molar-refractivity contribution is 5.19. The van der Waals surface area contributed by atoms with Gasteiger partial charge in [-0.25, -0.2) is 0 Å². The number of hydrogen-bond donors (Lipinski definition) is 1. The van der Waals surface area contributed by atoms with E-state index in [-0.39, 0.29) is 6.10 Å². The summed E-state index contributed by atoms with van der Waals surface area (Å²) in [6.07, 6.45) is 6.91. The Balaban J connectivity index is 2.18. The van der Waals surface area contributed by atoms with Crippen LogP contribution in [-0.2, 0) is 0 Å². The highest BCUT2D eigenvalue weighted by atomic mass is 16.3. The van der Waals surface area contributed by atoms with Gasteiger partial charge in [-0.15, -0.1) is 0 Å². The van der Waals surface area contributed by atoms with Crippen molar-refractivity contribution in [3.63, 3.8) is 0 Å². The lowest BCUT2D eigenvalue weighted by Crippen LogP contribution is -2.28. The number of allylic oxidation sites excluding steroid dienone is 1. The van der Waals surface area contributed by atoms with Gasteiger partial charge in [0.15, 0.2) is 0 Å². The van der Waals surface area contributed by atoms with Crippen LogP contribution in [-0.4, -0.2) is 11.2 Å². The smallest absolute Gasteiger partial charge is 0.0605 e. The molecule has 1 fully saturated rings. The quantitative estimate of drug-likeness (QED) is 0.527. The van der Waals surface area contributed by atoms with Crippen molar-refractivity contribution in [2.75, 3.05) is 0 Å². The van der Waals surface area contributed by atoms with Crippen LogP contribution < -0.4 is 0 Å². The molecule has 1 nitrogen and oxygen atoms in total. The molecule has 1 saturated carbocycles. The molecule has 0 amide bonds. The first kappa shape index (κ1) is 7.35. The van der Waals surface area contributed by atoms with Gasteiger partial charge in [0.2, 0.25) is 0 Å². The first-order valence-electron chi connectivity index (χ1n) is 4.67. The summed E-state index contributed by atoms with van der Waals surface area (Å²) in [6, 6.07) is 0. The second kappa shape index (κ2) is 2.63. The predicted molar refractivity (Wildman–Crippen MR) is 45.2 cm³/mol. The van der Waals surface area contributed by atoms with Crippen LogP contribution in [0, 0.1) is 11.8 Å². The van der Waals surface area contributed by atoms with E-state index < -0.39 is 0 Å². The molecular weight excluding hydrogens is 136 g/mol. The van der Waals surface area contributed by atoms with E-state index in [1.54, 1.807) is 5.57 Å². The Morgan fingerprint density at radius 2 is 2.18 bits per heavy atom. The molecule has 1 N–H and O–H groups in total. The fraction of sp³-hybridized carbons (Fsp3) is 0.800. The molecule has 11 heavy (non-hydrogen) atoms. The fourth-order valence-corrected chi connectivity index (χ4v) is 2.52. The molecule has 2 rings (SSSR count). The van der Waals surface area contributed by atoms with Crippen LogP contribution in [0.2, 0.25) is 0 Å². The summed E-state index contributed by atoms with van der Waals surface area (Å²) < 4.78 is 0. The van der Waals surface area contributed by atoms with Crippen LogP contribution in [0.25, 0.3) is 0 Å². The normalized spacial score (nSPS) is 43.5. The molecule has 0 aromatic rings. The molecule has 0 heterocycles. The maximum Gasteiger partial charge on any atom is 0.0605 e. The van der Waals surface area contributed by atoms with Gasteiger partial charge >= 0.3 is 0 Å². The summed E-state index contributed by atoms with van der Waals surface area (Å²) >= 11 is 0. The maximum absolute atomic E-state index is 9.66. The zero-order valence-corrected chi connectivity index (χ0v) is 7.09. The Kier molecular flexibility index (Phi) is 1.76. The molecule has 62 valence electrons. The summed E-state index contributed by atoms with van der Waals surface area (Å²) in [7, 11) is 0. The maximum atomic E-state index is 9.66. The van der Waals surface area contributed by atoms with Gasteiger partial charge in [0.05, 0.1) is 6.10 Å². The van der Waals surface area contributed by atoms with E-state index in [0.717, 1.165) is 12.3 Å². The zero-order valence-electron chi connectivity index (χ0n) is 7.09. The highest BCUT2D eigenvalue weighted by Gasteiger charge is 2.33. The topological polar surface area (TPSA) is 20.2 Å². The first-order valence-corrected chi connectivity index (χ1v) is 4.67. The van der Waals surface area contributed by atoms with Crippen LogP contribution in [0.5, 0.6) is 0 Å². The van der Waals surface area contributed by atoms with Gasteiger partial charge in [-0.05, 0) is 31.6 Å². The lowest BCUT2D eigenvalue weighted by atomic mass is 9.77. The third-order valence-corrected chi connectivity index (χ3v) is 3.21. The minimum Gasteiger partial charge on any atom is -0.393 e. The van der Waals surface area contributed by atoms with Crippen molar-refractivity contribution >= 4 is 0 Å². The SMILES string of the molecule is CC1CC[C@@H](O)[C@H]2CCC=C12. The number of fused-ring (bicyclic) bond motifs is 1. The standard InChI is InChI=1S/C10H16O/c1-7-5-6-10(11)9-4-2-3-8(7)9/h3,7,9-11H,2,4-6H2,1H3/t7?,9-,10+/m0/s1. The lowest BCUT2D eigenvalue weighted by molar-refractivity contribution is 0.0877.